The molecule has 1 saturated heterocycles. The molecule has 1 aliphatic rings. The Bertz CT molecular complexity index is 840. The molecule has 0 saturated carbocycles. The molecule has 0 spiro atoms. The van der Waals surface area contributed by atoms with E-state index in [9.17, 15) is 9.59 Å². The van der Waals surface area contributed by atoms with Crippen LogP contribution >= 0.6 is 0 Å². The SMILES string of the molecule is COCCCNC(=O)[C@H](C)C1CCN(C(=O)c2cc3ccc(OC)cc3[nH]2)CC1. The van der Waals surface area contributed by atoms with Crippen molar-refractivity contribution in [1.82, 2.24) is 15.2 Å². The Labute approximate surface area is 171 Å². The van der Waals surface area contributed by atoms with Gasteiger partial charge < -0.3 is 24.7 Å². The molecule has 0 unspecified atom stereocenters. The van der Waals surface area contributed by atoms with E-state index in [4.69, 9.17) is 9.47 Å². The van der Waals surface area contributed by atoms with E-state index in [1.807, 2.05) is 36.1 Å². The van der Waals surface area contributed by atoms with Gasteiger partial charge in [-0.05, 0) is 43.4 Å². The summed E-state index contributed by atoms with van der Waals surface area (Å²) in [7, 11) is 3.29. The lowest BCUT2D eigenvalue weighted by atomic mass is 9.84. The zero-order valence-electron chi connectivity index (χ0n) is 17.5. The second-order valence-electron chi connectivity index (χ2n) is 7.69. The lowest BCUT2D eigenvalue weighted by Gasteiger charge is -2.34. The third-order valence-electron chi connectivity index (χ3n) is 5.83. The van der Waals surface area contributed by atoms with Crippen molar-refractivity contribution in [3.05, 3.63) is 30.0 Å². The van der Waals surface area contributed by atoms with Crippen LogP contribution in [0.25, 0.3) is 10.9 Å². The van der Waals surface area contributed by atoms with Gasteiger partial charge >= 0.3 is 0 Å². The molecular formula is C22H31N3O4. The molecule has 7 heteroatoms. The number of nitrogens with one attached hydrogen (secondary N) is 2. The first-order valence-electron chi connectivity index (χ1n) is 10.3. The Hall–Kier alpha value is -2.54. The summed E-state index contributed by atoms with van der Waals surface area (Å²) in [6.07, 6.45) is 2.50. The Balaban J connectivity index is 1.53. The number of amides is 2. The molecular weight excluding hydrogens is 370 g/mol. The maximum atomic E-state index is 12.9. The van der Waals surface area contributed by atoms with Crippen LogP contribution in [0, 0.1) is 11.8 Å². The summed E-state index contributed by atoms with van der Waals surface area (Å²) in [5, 5.41) is 3.97. The number of rotatable bonds is 8. The fourth-order valence-electron chi connectivity index (χ4n) is 3.92. The number of likely N-dealkylation sites (tertiary alicyclic amines) is 1. The van der Waals surface area contributed by atoms with Crippen LogP contribution in [-0.4, -0.2) is 62.2 Å². The number of aromatic nitrogens is 1. The van der Waals surface area contributed by atoms with Gasteiger partial charge in [0.15, 0.2) is 0 Å². The Morgan fingerprint density at radius 2 is 2.00 bits per heavy atom. The minimum atomic E-state index is -0.0460. The van der Waals surface area contributed by atoms with Crippen LogP contribution in [0.2, 0.25) is 0 Å². The van der Waals surface area contributed by atoms with E-state index in [-0.39, 0.29) is 17.7 Å². The predicted molar refractivity (Wildman–Crippen MR) is 112 cm³/mol. The maximum absolute atomic E-state index is 12.9. The van der Waals surface area contributed by atoms with Crippen molar-refractivity contribution >= 4 is 22.7 Å². The van der Waals surface area contributed by atoms with Crippen molar-refractivity contribution in [1.29, 1.82) is 0 Å². The van der Waals surface area contributed by atoms with E-state index in [0.29, 0.717) is 37.9 Å². The first-order chi connectivity index (χ1) is 14.0. The molecule has 7 nitrogen and oxygen atoms in total. The highest BCUT2D eigenvalue weighted by Crippen LogP contribution is 2.27. The second kappa shape index (κ2) is 9.78. The number of hydrogen-bond acceptors (Lipinski definition) is 4. The molecule has 158 valence electrons. The number of carbonyl (C=O) groups excluding carboxylic acids is 2. The normalized spacial score (nSPS) is 16.0. The van der Waals surface area contributed by atoms with Gasteiger partial charge in [-0.15, -0.1) is 0 Å². The first kappa shape index (κ1) is 21.2. The summed E-state index contributed by atoms with van der Waals surface area (Å²) in [6, 6.07) is 7.61. The Morgan fingerprint density at radius 1 is 1.24 bits per heavy atom. The van der Waals surface area contributed by atoms with Crippen LogP contribution in [0.15, 0.2) is 24.3 Å². The van der Waals surface area contributed by atoms with Gasteiger partial charge in [0.2, 0.25) is 5.91 Å². The third kappa shape index (κ3) is 5.09. The molecule has 0 aliphatic carbocycles. The smallest absolute Gasteiger partial charge is 0.270 e. The summed E-state index contributed by atoms with van der Waals surface area (Å²) < 4.78 is 10.2. The molecule has 3 rings (SSSR count). The van der Waals surface area contributed by atoms with Gasteiger partial charge in [-0.1, -0.05) is 6.92 Å². The highest BCUT2D eigenvalue weighted by atomic mass is 16.5. The molecule has 29 heavy (non-hydrogen) atoms. The van der Waals surface area contributed by atoms with Gasteiger partial charge in [-0.2, -0.15) is 0 Å². The third-order valence-corrected chi connectivity index (χ3v) is 5.83. The number of fused-ring (bicyclic) bond motifs is 1. The number of benzene rings is 1. The molecule has 1 aromatic carbocycles. The molecule has 1 fully saturated rings. The molecule has 0 bridgehead atoms. The van der Waals surface area contributed by atoms with Gasteiger partial charge in [-0.25, -0.2) is 0 Å². The monoisotopic (exact) mass is 401 g/mol. The van der Waals surface area contributed by atoms with Crippen LogP contribution in [0.3, 0.4) is 0 Å². The van der Waals surface area contributed by atoms with Crippen molar-refractivity contribution in [3.63, 3.8) is 0 Å². The minimum Gasteiger partial charge on any atom is -0.497 e. The van der Waals surface area contributed by atoms with E-state index in [1.54, 1.807) is 14.2 Å². The Kier molecular flexibility index (Phi) is 7.14. The molecule has 1 atom stereocenters. The quantitative estimate of drug-likeness (QED) is 0.666. The largest absolute Gasteiger partial charge is 0.497 e. The van der Waals surface area contributed by atoms with Crippen molar-refractivity contribution in [2.24, 2.45) is 11.8 Å². The summed E-state index contributed by atoms with van der Waals surface area (Å²) in [5.74, 6) is 1.11. The van der Waals surface area contributed by atoms with Crippen LogP contribution in [0.1, 0.15) is 36.7 Å². The van der Waals surface area contributed by atoms with Crippen molar-refractivity contribution < 1.29 is 19.1 Å². The van der Waals surface area contributed by atoms with E-state index in [0.717, 1.165) is 35.9 Å². The standard InChI is InChI=1S/C22H31N3O4/c1-15(21(26)23-9-4-12-28-2)16-7-10-25(11-8-16)22(27)20-13-17-5-6-18(29-3)14-19(17)24-20/h5-6,13-16,24H,4,7-12H2,1-3H3,(H,23,26)/t15-/m1/s1. The van der Waals surface area contributed by atoms with Gasteiger partial charge in [0, 0.05) is 56.2 Å². The number of ether oxygens (including phenoxy) is 2. The molecule has 1 aromatic heterocycles. The second-order valence-corrected chi connectivity index (χ2v) is 7.69. The first-order valence-corrected chi connectivity index (χ1v) is 10.3. The van der Waals surface area contributed by atoms with Crippen LogP contribution in [-0.2, 0) is 9.53 Å². The van der Waals surface area contributed by atoms with Gasteiger partial charge in [-0.3, -0.25) is 9.59 Å². The van der Waals surface area contributed by atoms with Gasteiger partial charge in [0.1, 0.15) is 11.4 Å². The minimum absolute atomic E-state index is 0.00953. The molecule has 2 aromatic rings. The molecule has 2 amide bonds. The topological polar surface area (TPSA) is 83.7 Å². The van der Waals surface area contributed by atoms with E-state index < -0.39 is 0 Å². The van der Waals surface area contributed by atoms with Crippen LogP contribution < -0.4 is 10.1 Å². The molecule has 1 aliphatic heterocycles. The van der Waals surface area contributed by atoms with E-state index in [1.165, 1.54) is 0 Å². The number of nitrogens with zero attached hydrogens (tertiary/aromatic N) is 1. The Morgan fingerprint density at radius 3 is 2.69 bits per heavy atom. The molecule has 2 heterocycles. The van der Waals surface area contributed by atoms with Crippen molar-refractivity contribution in [2.75, 3.05) is 40.5 Å². The number of aromatic amines is 1. The fraction of sp³-hybridized carbons (Fsp3) is 0.545. The van der Waals surface area contributed by atoms with Gasteiger partial charge in [0.05, 0.1) is 7.11 Å². The zero-order valence-corrected chi connectivity index (χ0v) is 17.5. The van der Waals surface area contributed by atoms with Crippen LogP contribution in [0.5, 0.6) is 5.75 Å². The zero-order chi connectivity index (χ0) is 20.8. The number of piperidine rings is 1. The molecule has 0 radical (unpaired) electrons. The van der Waals surface area contributed by atoms with Crippen LogP contribution in [0.4, 0.5) is 0 Å². The summed E-state index contributed by atoms with van der Waals surface area (Å²) in [5.41, 5.74) is 1.48. The highest BCUT2D eigenvalue weighted by Gasteiger charge is 2.30. The predicted octanol–water partition coefficient (Wildman–Crippen LogP) is 2.82. The van der Waals surface area contributed by atoms with Crippen molar-refractivity contribution in [3.8, 4) is 5.75 Å². The summed E-state index contributed by atoms with van der Waals surface area (Å²) in [6.45, 7) is 4.61. The molecule has 2 N–H and O–H groups in total. The fourth-order valence-corrected chi connectivity index (χ4v) is 3.92. The maximum Gasteiger partial charge on any atom is 0.270 e. The van der Waals surface area contributed by atoms with E-state index in [2.05, 4.69) is 10.3 Å². The number of H-pyrrole nitrogens is 1. The number of methoxy groups -OCH3 is 2. The lowest BCUT2D eigenvalue weighted by Crippen LogP contribution is -2.43. The number of hydrogen-bond donors (Lipinski definition) is 2. The summed E-state index contributed by atoms with van der Waals surface area (Å²) >= 11 is 0. The number of carbonyl (C=O) groups is 2. The average Bonchev–Trinajstić information content (AvgIpc) is 3.19. The van der Waals surface area contributed by atoms with Crippen molar-refractivity contribution in [2.45, 2.75) is 26.2 Å². The summed E-state index contributed by atoms with van der Waals surface area (Å²) in [4.78, 5) is 30.3. The average molecular weight is 402 g/mol. The van der Waals surface area contributed by atoms with E-state index >= 15 is 0 Å². The van der Waals surface area contributed by atoms with Gasteiger partial charge in [0.25, 0.3) is 5.91 Å². The highest BCUT2D eigenvalue weighted by molar-refractivity contribution is 5.98. The lowest BCUT2D eigenvalue weighted by molar-refractivity contribution is -0.126.